The molecule has 0 aliphatic rings. The maximum Gasteiger partial charge on any atom is 0.419 e. The van der Waals surface area contributed by atoms with Crippen molar-refractivity contribution < 1.29 is 9.21 Å². The number of nitrogens with zero attached hydrogens (tertiary/aromatic N) is 2. The van der Waals surface area contributed by atoms with Crippen LogP contribution in [0, 0.1) is 0 Å². The van der Waals surface area contributed by atoms with Gasteiger partial charge in [0.1, 0.15) is 0 Å². The van der Waals surface area contributed by atoms with Crippen LogP contribution < -0.4 is 5.76 Å². The zero-order chi connectivity index (χ0) is 14.2. The second kappa shape index (κ2) is 4.85. The van der Waals surface area contributed by atoms with Crippen LogP contribution in [0.4, 0.5) is 0 Å². The Labute approximate surface area is 110 Å². The van der Waals surface area contributed by atoms with Crippen LogP contribution in [-0.4, -0.2) is 35.9 Å². The van der Waals surface area contributed by atoms with Gasteiger partial charge < -0.3 is 9.32 Å². The summed E-state index contributed by atoms with van der Waals surface area (Å²) in [6.07, 6.45) is 0. The number of carbonyl (C=O) groups is 1. The highest BCUT2D eigenvalue weighted by atomic mass is 16.4. The fourth-order valence-electron chi connectivity index (χ4n) is 1.93. The number of ketones is 1. The molecule has 0 radical (unpaired) electrons. The van der Waals surface area contributed by atoms with Gasteiger partial charge in [-0.2, -0.15) is 0 Å². The Morgan fingerprint density at radius 3 is 2.74 bits per heavy atom. The third kappa shape index (κ3) is 2.51. The molecule has 1 aromatic carbocycles. The van der Waals surface area contributed by atoms with E-state index < -0.39 is 5.76 Å². The van der Waals surface area contributed by atoms with Crippen molar-refractivity contribution in [3.8, 4) is 0 Å². The molecule has 0 bridgehead atoms. The second-order valence-corrected chi connectivity index (χ2v) is 4.78. The summed E-state index contributed by atoms with van der Waals surface area (Å²) in [5.41, 5.74) is 2.06. The van der Waals surface area contributed by atoms with E-state index in [9.17, 15) is 9.59 Å². The van der Waals surface area contributed by atoms with Crippen molar-refractivity contribution in [1.82, 2.24) is 9.47 Å². The lowest BCUT2D eigenvalue weighted by molar-refractivity contribution is 0.102. The van der Waals surface area contributed by atoms with Gasteiger partial charge in [-0.25, -0.2) is 4.79 Å². The van der Waals surface area contributed by atoms with E-state index in [1.807, 2.05) is 19.0 Å². The molecule has 0 aliphatic heterocycles. The summed E-state index contributed by atoms with van der Waals surface area (Å²) in [6, 6.07) is 4.97. The molecule has 0 spiro atoms. The Bertz CT molecular complexity index is 707. The van der Waals surface area contributed by atoms with E-state index in [-0.39, 0.29) is 5.78 Å². The third-order valence-corrected chi connectivity index (χ3v) is 2.88. The largest absolute Gasteiger partial charge is 0.419 e. The molecule has 0 atom stereocenters. The summed E-state index contributed by atoms with van der Waals surface area (Å²) >= 11 is 0. The van der Waals surface area contributed by atoms with Crippen molar-refractivity contribution in [1.29, 1.82) is 0 Å². The first kappa shape index (κ1) is 13.3. The highest BCUT2D eigenvalue weighted by molar-refractivity contribution is 6.09. The van der Waals surface area contributed by atoms with Gasteiger partial charge >= 0.3 is 5.76 Å². The average molecular weight is 260 g/mol. The summed E-state index contributed by atoms with van der Waals surface area (Å²) in [5, 5.41) is 0. The molecule has 100 valence electrons. The van der Waals surface area contributed by atoms with Crippen LogP contribution in [0.1, 0.15) is 10.4 Å². The Balaban J connectivity index is 2.38. The van der Waals surface area contributed by atoms with Crippen LogP contribution in [0.15, 0.2) is 39.6 Å². The first-order chi connectivity index (χ1) is 8.90. The molecule has 0 aliphatic carbocycles. The lowest BCUT2D eigenvalue weighted by Crippen LogP contribution is -2.19. The van der Waals surface area contributed by atoms with Crippen LogP contribution >= 0.6 is 0 Å². The molecule has 1 heterocycles. The normalized spacial score (nSPS) is 11.2. The first-order valence-corrected chi connectivity index (χ1v) is 5.87. The second-order valence-electron chi connectivity index (χ2n) is 4.78. The summed E-state index contributed by atoms with van der Waals surface area (Å²) in [7, 11) is 5.37. The van der Waals surface area contributed by atoms with Crippen LogP contribution in [0.25, 0.3) is 11.1 Å². The van der Waals surface area contributed by atoms with Crippen LogP contribution in [0.5, 0.6) is 0 Å². The number of benzene rings is 1. The molecule has 0 unspecified atom stereocenters. The Morgan fingerprint density at radius 1 is 1.42 bits per heavy atom. The summed E-state index contributed by atoms with van der Waals surface area (Å²) in [4.78, 5) is 25.4. The smallest absolute Gasteiger partial charge is 0.408 e. The van der Waals surface area contributed by atoms with Gasteiger partial charge in [-0.1, -0.05) is 6.58 Å². The zero-order valence-corrected chi connectivity index (χ0v) is 11.3. The number of fused-ring (bicyclic) bond motifs is 1. The molecular formula is C14H16N2O3. The van der Waals surface area contributed by atoms with Crippen molar-refractivity contribution in [3.05, 3.63) is 46.5 Å². The fourth-order valence-corrected chi connectivity index (χ4v) is 1.93. The van der Waals surface area contributed by atoms with Gasteiger partial charge in [0.05, 0.1) is 5.52 Å². The zero-order valence-electron chi connectivity index (χ0n) is 11.3. The monoisotopic (exact) mass is 260 g/mol. The molecule has 0 saturated heterocycles. The van der Waals surface area contributed by atoms with E-state index in [4.69, 9.17) is 4.42 Å². The van der Waals surface area contributed by atoms with E-state index in [0.717, 1.165) is 0 Å². The Kier molecular flexibility index (Phi) is 3.40. The van der Waals surface area contributed by atoms with Gasteiger partial charge in [-0.05, 0) is 32.3 Å². The number of carbonyl (C=O) groups excluding carboxylic acids is 1. The van der Waals surface area contributed by atoms with Crippen molar-refractivity contribution >= 4 is 16.9 Å². The maximum absolute atomic E-state index is 12.2. The average Bonchev–Trinajstić information content (AvgIpc) is 2.63. The number of oxazole rings is 1. The number of aryl methyl sites for hydroxylation is 1. The standard InChI is InChI=1S/C14H16N2O3/c1-9(8-15(2)3)13(17)10-5-6-11-12(7-10)19-14(18)16(11)4/h5-7H,1,8H2,2-4H3. The number of likely N-dealkylation sites (N-methyl/N-ethyl adjacent to an activating group) is 1. The quantitative estimate of drug-likeness (QED) is 0.616. The van der Waals surface area contributed by atoms with Crippen LogP contribution in [-0.2, 0) is 7.05 Å². The minimum absolute atomic E-state index is 0.137. The number of hydrogen-bond donors (Lipinski definition) is 0. The predicted octanol–water partition coefficient (Wildman–Crippen LogP) is 1.43. The number of rotatable bonds is 4. The van der Waals surface area contributed by atoms with Crippen molar-refractivity contribution in [2.45, 2.75) is 0 Å². The summed E-state index contributed by atoms with van der Waals surface area (Å²) in [6.45, 7) is 4.28. The minimum Gasteiger partial charge on any atom is -0.408 e. The van der Waals surface area contributed by atoms with Crippen molar-refractivity contribution in [3.63, 3.8) is 0 Å². The van der Waals surface area contributed by atoms with Gasteiger partial charge in [-0.15, -0.1) is 0 Å². The van der Waals surface area contributed by atoms with E-state index >= 15 is 0 Å². The SMILES string of the molecule is C=C(CN(C)C)C(=O)c1ccc2c(c1)oc(=O)n2C. The van der Waals surface area contributed by atoms with E-state index in [1.54, 1.807) is 25.2 Å². The maximum atomic E-state index is 12.2. The van der Waals surface area contributed by atoms with Gasteiger partial charge in [0.15, 0.2) is 11.4 Å². The minimum atomic E-state index is -0.438. The topological polar surface area (TPSA) is 55.5 Å². The molecular weight excluding hydrogens is 244 g/mol. The fraction of sp³-hybridized carbons (Fsp3) is 0.286. The lowest BCUT2D eigenvalue weighted by Gasteiger charge is -2.11. The molecule has 19 heavy (non-hydrogen) atoms. The molecule has 2 rings (SSSR count). The molecule has 2 aromatic rings. The summed E-state index contributed by atoms with van der Waals surface area (Å²) in [5.74, 6) is -0.575. The van der Waals surface area contributed by atoms with Crippen LogP contribution in [0.2, 0.25) is 0 Å². The third-order valence-electron chi connectivity index (χ3n) is 2.88. The molecule has 0 amide bonds. The molecule has 0 N–H and O–H groups in total. The van der Waals surface area contributed by atoms with Crippen LogP contribution in [0.3, 0.4) is 0 Å². The van der Waals surface area contributed by atoms with Crippen molar-refractivity contribution in [2.75, 3.05) is 20.6 Å². The van der Waals surface area contributed by atoms with Gasteiger partial charge in [-0.3, -0.25) is 9.36 Å². The van der Waals surface area contributed by atoms with Gasteiger partial charge in [0.2, 0.25) is 0 Å². The Morgan fingerprint density at radius 2 is 2.11 bits per heavy atom. The first-order valence-electron chi connectivity index (χ1n) is 5.87. The predicted molar refractivity (Wildman–Crippen MR) is 73.5 cm³/mol. The number of aromatic nitrogens is 1. The molecule has 0 fully saturated rings. The van der Waals surface area contributed by atoms with Crippen molar-refractivity contribution in [2.24, 2.45) is 7.05 Å². The molecule has 0 saturated carbocycles. The van der Waals surface area contributed by atoms with Gasteiger partial charge in [0, 0.05) is 24.7 Å². The Hall–Kier alpha value is -2.14. The van der Waals surface area contributed by atoms with Gasteiger partial charge in [0.25, 0.3) is 0 Å². The lowest BCUT2D eigenvalue weighted by atomic mass is 10.0. The summed E-state index contributed by atoms with van der Waals surface area (Å²) < 4.78 is 6.47. The van der Waals surface area contributed by atoms with E-state index in [1.165, 1.54) is 4.57 Å². The van der Waals surface area contributed by atoms with E-state index in [0.29, 0.717) is 28.8 Å². The molecule has 5 nitrogen and oxygen atoms in total. The molecule has 1 aromatic heterocycles. The van der Waals surface area contributed by atoms with E-state index in [2.05, 4.69) is 6.58 Å². The highest BCUT2D eigenvalue weighted by Crippen LogP contribution is 2.16. The highest BCUT2D eigenvalue weighted by Gasteiger charge is 2.14. The molecule has 5 heteroatoms. The number of Topliss-reactive ketones (excluding diaryl/α,β-unsaturated/α-hetero) is 1. The number of hydrogen-bond acceptors (Lipinski definition) is 4.